The predicted octanol–water partition coefficient (Wildman–Crippen LogP) is 2.60. The van der Waals surface area contributed by atoms with Gasteiger partial charge in [0.1, 0.15) is 0 Å². The van der Waals surface area contributed by atoms with Gasteiger partial charge >= 0.3 is 0 Å². The number of carbonyl (C=O) groups excluding carboxylic acids is 1. The molecule has 2 rings (SSSR count). The Hall–Kier alpha value is -2.13. The van der Waals surface area contributed by atoms with Crippen LogP contribution in [0.4, 0.5) is 0 Å². The van der Waals surface area contributed by atoms with Gasteiger partial charge in [0.2, 0.25) is 0 Å². The maximum Gasteiger partial charge on any atom is 0.251 e. The molecule has 19 heavy (non-hydrogen) atoms. The second kappa shape index (κ2) is 6.16. The van der Waals surface area contributed by atoms with Crippen molar-refractivity contribution in [3.05, 3.63) is 59.7 Å². The molecule has 0 aliphatic heterocycles. The van der Waals surface area contributed by atoms with Gasteiger partial charge in [0.05, 0.1) is 6.61 Å². The van der Waals surface area contributed by atoms with Crippen molar-refractivity contribution in [1.29, 1.82) is 0 Å². The number of hydrogen-bond acceptors (Lipinski definition) is 2. The lowest BCUT2D eigenvalue weighted by atomic mass is 9.98. The van der Waals surface area contributed by atoms with E-state index in [1.165, 1.54) is 0 Å². The Morgan fingerprint density at radius 3 is 2.68 bits per heavy atom. The highest BCUT2D eigenvalue weighted by Gasteiger charge is 2.08. The Kier molecular flexibility index (Phi) is 4.31. The molecule has 0 unspecified atom stereocenters. The zero-order chi connectivity index (χ0) is 13.7. The number of nitrogens with one attached hydrogen (secondary N) is 1. The highest BCUT2D eigenvalue weighted by Crippen LogP contribution is 2.24. The fraction of sp³-hybridized carbons (Fsp3) is 0.188. The monoisotopic (exact) mass is 255 g/mol. The number of benzene rings is 2. The first kappa shape index (κ1) is 13.3. The summed E-state index contributed by atoms with van der Waals surface area (Å²) in [6, 6.07) is 15.1. The molecule has 0 radical (unpaired) electrons. The average molecular weight is 255 g/mol. The maximum absolute atomic E-state index is 11.8. The number of carbonyl (C=O) groups is 1. The molecule has 2 N–H and O–H groups in total. The van der Waals surface area contributed by atoms with Gasteiger partial charge in [0.15, 0.2) is 0 Å². The van der Waals surface area contributed by atoms with Gasteiger partial charge < -0.3 is 10.4 Å². The van der Waals surface area contributed by atoms with E-state index in [2.05, 4.69) is 5.32 Å². The quantitative estimate of drug-likeness (QED) is 0.882. The van der Waals surface area contributed by atoms with E-state index in [0.29, 0.717) is 12.1 Å². The minimum Gasteiger partial charge on any atom is -0.392 e. The Labute approximate surface area is 112 Å². The largest absolute Gasteiger partial charge is 0.392 e. The van der Waals surface area contributed by atoms with Crippen molar-refractivity contribution in [3.8, 4) is 11.1 Å². The van der Waals surface area contributed by atoms with Crippen LogP contribution in [0.15, 0.2) is 48.5 Å². The van der Waals surface area contributed by atoms with Crippen molar-refractivity contribution in [1.82, 2.24) is 5.32 Å². The van der Waals surface area contributed by atoms with Gasteiger partial charge in [-0.05, 0) is 35.7 Å². The van der Waals surface area contributed by atoms with Crippen molar-refractivity contribution in [2.24, 2.45) is 0 Å². The van der Waals surface area contributed by atoms with Gasteiger partial charge in [-0.1, -0.05) is 36.4 Å². The molecular weight excluding hydrogens is 238 g/mol. The van der Waals surface area contributed by atoms with E-state index in [1.54, 1.807) is 6.07 Å². The summed E-state index contributed by atoms with van der Waals surface area (Å²) in [5, 5.41) is 12.1. The van der Waals surface area contributed by atoms with E-state index < -0.39 is 0 Å². The first-order chi connectivity index (χ1) is 9.26. The summed E-state index contributed by atoms with van der Waals surface area (Å²) in [6.45, 7) is 2.49. The highest BCUT2D eigenvalue weighted by molar-refractivity contribution is 5.95. The molecule has 0 heterocycles. The summed E-state index contributed by atoms with van der Waals surface area (Å²) in [4.78, 5) is 11.8. The third-order valence-electron chi connectivity index (χ3n) is 2.96. The molecule has 0 bridgehead atoms. The smallest absolute Gasteiger partial charge is 0.251 e. The summed E-state index contributed by atoms with van der Waals surface area (Å²) < 4.78 is 0. The minimum absolute atomic E-state index is 0.0123. The third kappa shape index (κ3) is 3.01. The van der Waals surface area contributed by atoms with Crippen molar-refractivity contribution in [2.45, 2.75) is 13.5 Å². The molecule has 0 saturated heterocycles. The number of hydrogen-bond donors (Lipinski definition) is 2. The second-order valence-electron chi connectivity index (χ2n) is 4.26. The Morgan fingerprint density at radius 2 is 1.95 bits per heavy atom. The van der Waals surface area contributed by atoms with Crippen LogP contribution in [0.5, 0.6) is 0 Å². The maximum atomic E-state index is 11.8. The number of aliphatic hydroxyl groups is 1. The molecule has 0 aromatic heterocycles. The summed E-state index contributed by atoms with van der Waals surface area (Å²) in [5.41, 5.74) is 3.38. The van der Waals surface area contributed by atoms with Gasteiger partial charge in [0, 0.05) is 12.1 Å². The first-order valence-corrected chi connectivity index (χ1v) is 6.33. The zero-order valence-electron chi connectivity index (χ0n) is 10.9. The molecule has 0 atom stereocenters. The highest BCUT2D eigenvalue weighted by atomic mass is 16.3. The third-order valence-corrected chi connectivity index (χ3v) is 2.96. The lowest BCUT2D eigenvalue weighted by Crippen LogP contribution is -2.22. The molecular formula is C16H17NO2. The molecule has 0 saturated carbocycles. The van der Waals surface area contributed by atoms with E-state index in [0.717, 1.165) is 16.7 Å². The molecule has 0 aliphatic carbocycles. The van der Waals surface area contributed by atoms with Crippen LogP contribution in [0.1, 0.15) is 22.8 Å². The molecule has 0 spiro atoms. The summed E-state index contributed by atoms with van der Waals surface area (Å²) in [5.74, 6) is -0.0779. The van der Waals surface area contributed by atoms with Crippen molar-refractivity contribution in [3.63, 3.8) is 0 Å². The van der Waals surface area contributed by atoms with Gasteiger partial charge in [-0.3, -0.25) is 4.79 Å². The van der Waals surface area contributed by atoms with Crippen LogP contribution < -0.4 is 5.32 Å². The van der Waals surface area contributed by atoms with Gasteiger partial charge in [-0.15, -0.1) is 0 Å². The fourth-order valence-corrected chi connectivity index (χ4v) is 2.03. The summed E-state index contributed by atoms with van der Waals surface area (Å²) in [7, 11) is 0. The fourth-order valence-electron chi connectivity index (χ4n) is 2.03. The lowest BCUT2D eigenvalue weighted by Gasteiger charge is -2.09. The Morgan fingerprint density at radius 1 is 1.16 bits per heavy atom. The molecule has 2 aromatic rings. The van der Waals surface area contributed by atoms with E-state index >= 15 is 0 Å². The van der Waals surface area contributed by atoms with Gasteiger partial charge in [-0.25, -0.2) is 0 Å². The number of aliphatic hydroxyl groups excluding tert-OH is 1. The average Bonchev–Trinajstić information content (AvgIpc) is 2.47. The topological polar surface area (TPSA) is 49.3 Å². The number of rotatable bonds is 4. The molecule has 3 heteroatoms. The van der Waals surface area contributed by atoms with Crippen LogP contribution in [0.2, 0.25) is 0 Å². The summed E-state index contributed by atoms with van der Waals surface area (Å²) >= 11 is 0. The standard InChI is InChI=1S/C16H17NO2/c1-2-17-16(19)13-8-5-7-12(10-13)15-9-4-3-6-14(15)11-18/h3-10,18H,2,11H2,1H3,(H,17,19). The van der Waals surface area contributed by atoms with Crippen molar-refractivity contribution < 1.29 is 9.90 Å². The predicted molar refractivity (Wildman–Crippen MR) is 75.8 cm³/mol. The van der Waals surface area contributed by atoms with Crippen molar-refractivity contribution >= 4 is 5.91 Å². The van der Waals surface area contributed by atoms with Crippen LogP contribution in [-0.4, -0.2) is 17.6 Å². The molecule has 0 fully saturated rings. The van der Waals surface area contributed by atoms with Crippen LogP contribution >= 0.6 is 0 Å². The number of amides is 1. The summed E-state index contributed by atoms with van der Waals surface area (Å²) in [6.07, 6.45) is 0. The van der Waals surface area contributed by atoms with Crippen LogP contribution in [0, 0.1) is 0 Å². The Balaban J connectivity index is 2.40. The van der Waals surface area contributed by atoms with Crippen LogP contribution in [0.3, 0.4) is 0 Å². The van der Waals surface area contributed by atoms with E-state index in [1.807, 2.05) is 49.4 Å². The second-order valence-corrected chi connectivity index (χ2v) is 4.26. The van der Waals surface area contributed by atoms with Gasteiger partial charge in [0.25, 0.3) is 5.91 Å². The molecule has 0 aliphatic rings. The van der Waals surface area contributed by atoms with Gasteiger partial charge in [-0.2, -0.15) is 0 Å². The van der Waals surface area contributed by atoms with Crippen molar-refractivity contribution in [2.75, 3.05) is 6.54 Å². The molecule has 98 valence electrons. The molecule has 3 nitrogen and oxygen atoms in total. The van der Waals surface area contributed by atoms with E-state index in [4.69, 9.17) is 0 Å². The SMILES string of the molecule is CCNC(=O)c1cccc(-c2ccccc2CO)c1. The minimum atomic E-state index is -0.0779. The first-order valence-electron chi connectivity index (χ1n) is 6.33. The molecule has 1 amide bonds. The normalized spacial score (nSPS) is 10.2. The Bertz CT molecular complexity index is 578. The van der Waals surface area contributed by atoms with E-state index in [-0.39, 0.29) is 12.5 Å². The van der Waals surface area contributed by atoms with Crippen LogP contribution in [-0.2, 0) is 6.61 Å². The zero-order valence-corrected chi connectivity index (χ0v) is 10.9. The molecule has 2 aromatic carbocycles. The van der Waals surface area contributed by atoms with E-state index in [9.17, 15) is 9.90 Å². The lowest BCUT2D eigenvalue weighted by molar-refractivity contribution is 0.0956. The van der Waals surface area contributed by atoms with Crippen LogP contribution in [0.25, 0.3) is 11.1 Å².